The molecule has 150 valence electrons. The van der Waals surface area contributed by atoms with Crippen LogP contribution in [0.3, 0.4) is 0 Å². The van der Waals surface area contributed by atoms with Crippen LogP contribution in [0.5, 0.6) is 0 Å². The Balaban J connectivity index is 1.85. The quantitative estimate of drug-likeness (QED) is 0.787. The van der Waals surface area contributed by atoms with Gasteiger partial charge in [0, 0.05) is 29.4 Å². The third-order valence-corrected chi connectivity index (χ3v) is 7.08. The highest BCUT2D eigenvalue weighted by Gasteiger charge is 2.32. The van der Waals surface area contributed by atoms with E-state index in [0.717, 1.165) is 12.0 Å². The molecule has 2 unspecified atom stereocenters. The molecule has 1 aliphatic rings. The molecular formula is C21H25ClN2O3S. The summed E-state index contributed by atoms with van der Waals surface area (Å²) >= 11 is 6.00. The van der Waals surface area contributed by atoms with Gasteiger partial charge in [0.15, 0.2) is 0 Å². The van der Waals surface area contributed by atoms with E-state index in [-0.39, 0.29) is 10.8 Å². The first kappa shape index (κ1) is 20.8. The summed E-state index contributed by atoms with van der Waals surface area (Å²) < 4.78 is 27.7. The van der Waals surface area contributed by atoms with E-state index in [2.05, 4.69) is 19.2 Å². The van der Waals surface area contributed by atoms with Gasteiger partial charge in [0.1, 0.15) is 0 Å². The molecule has 0 aromatic heterocycles. The average molecular weight is 421 g/mol. The minimum atomic E-state index is -3.64. The maximum absolute atomic E-state index is 13.1. The zero-order chi connectivity index (χ0) is 20.5. The van der Waals surface area contributed by atoms with Crippen molar-refractivity contribution in [3.63, 3.8) is 0 Å². The third-order valence-electron chi connectivity index (χ3n) is 5.02. The van der Waals surface area contributed by atoms with Gasteiger partial charge in [-0.1, -0.05) is 37.6 Å². The number of nitrogens with zero attached hydrogens (tertiary/aromatic N) is 1. The van der Waals surface area contributed by atoms with Gasteiger partial charge in [-0.25, -0.2) is 8.42 Å². The Morgan fingerprint density at radius 3 is 2.46 bits per heavy atom. The lowest BCUT2D eigenvalue weighted by atomic mass is 9.94. The number of carbonyl (C=O) groups is 1. The smallest absolute Gasteiger partial charge is 0.255 e. The van der Waals surface area contributed by atoms with Crippen LogP contribution in [0.4, 0.5) is 5.69 Å². The van der Waals surface area contributed by atoms with Crippen molar-refractivity contribution in [3.8, 4) is 0 Å². The number of sulfonamides is 1. The first-order valence-corrected chi connectivity index (χ1v) is 11.2. The van der Waals surface area contributed by atoms with E-state index in [9.17, 15) is 13.2 Å². The van der Waals surface area contributed by atoms with Crippen molar-refractivity contribution in [1.82, 2.24) is 4.31 Å². The van der Waals surface area contributed by atoms with Gasteiger partial charge in [-0.15, -0.1) is 0 Å². The molecule has 0 spiro atoms. The van der Waals surface area contributed by atoms with Gasteiger partial charge >= 0.3 is 0 Å². The molecule has 1 saturated heterocycles. The summed E-state index contributed by atoms with van der Waals surface area (Å²) in [6.07, 6.45) is 1.02. The summed E-state index contributed by atoms with van der Waals surface area (Å²) in [6.45, 7) is 7.01. The van der Waals surface area contributed by atoms with E-state index < -0.39 is 10.0 Å². The summed E-state index contributed by atoms with van der Waals surface area (Å²) in [7, 11) is -3.64. The standard InChI is InChI=1S/C21H25ClN2O3S/c1-14-9-15(2)13-24(12-14)28(26,27)19-6-4-5-17(10-19)21(25)23-20-11-18(22)8-7-16(20)3/h4-8,10-11,14-15H,9,12-13H2,1-3H3,(H,23,25). The number of piperidine rings is 1. The molecule has 0 bridgehead atoms. The Bertz CT molecular complexity index is 981. The predicted octanol–water partition coefficient (Wildman–Crippen LogP) is 4.57. The molecule has 1 heterocycles. The summed E-state index contributed by atoms with van der Waals surface area (Å²) in [4.78, 5) is 12.8. The predicted molar refractivity (Wildman–Crippen MR) is 112 cm³/mol. The van der Waals surface area contributed by atoms with Crippen LogP contribution in [0, 0.1) is 18.8 Å². The van der Waals surface area contributed by atoms with Gasteiger partial charge in [-0.2, -0.15) is 4.31 Å². The molecule has 28 heavy (non-hydrogen) atoms. The third kappa shape index (κ3) is 4.57. The molecule has 3 rings (SSSR count). The molecule has 1 amide bonds. The van der Waals surface area contributed by atoms with Crippen molar-refractivity contribution in [2.45, 2.75) is 32.1 Å². The van der Waals surface area contributed by atoms with Crippen LogP contribution in [-0.4, -0.2) is 31.7 Å². The summed E-state index contributed by atoms with van der Waals surface area (Å²) in [5.74, 6) is 0.259. The van der Waals surface area contributed by atoms with Crippen LogP contribution in [-0.2, 0) is 10.0 Å². The molecule has 2 aromatic rings. The highest BCUT2D eigenvalue weighted by molar-refractivity contribution is 7.89. The summed E-state index contributed by atoms with van der Waals surface area (Å²) in [5, 5.41) is 3.33. The molecular weight excluding hydrogens is 396 g/mol. The molecule has 2 atom stereocenters. The van der Waals surface area contributed by atoms with Crippen LogP contribution in [0.15, 0.2) is 47.4 Å². The molecule has 0 radical (unpaired) electrons. The number of aryl methyl sites for hydroxylation is 1. The van der Waals surface area contributed by atoms with Crippen LogP contribution in [0.2, 0.25) is 5.02 Å². The van der Waals surface area contributed by atoms with E-state index in [0.29, 0.717) is 41.2 Å². The molecule has 1 fully saturated rings. The number of amides is 1. The molecule has 2 aromatic carbocycles. The SMILES string of the molecule is Cc1ccc(Cl)cc1NC(=O)c1cccc(S(=O)(=O)N2CC(C)CC(C)C2)c1. The largest absolute Gasteiger partial charge is 0.322 e. The van der Waals surface area contributed by atoms with Crippen molar-refractivity contribution in [2.24, 2.45) is 11.8 Å². The normalized spacial score (nSPS) is 20.7. The monoisotopic (exact) mass is 420 g/mol. The first-order chi connectivity index (χ1) is 13.2. The molecule has 1 N–H and O–H groups in total. The number of hydrogen-bond acceptors (Lipinski definition) is 3. The van der Waals surface area contributed by atoms with Gasteiger partial charge in [0.2, 0.25) is 10.0 Å². The van der Waals surface area contributed by atoms with Gasteiger partial charge in [-0.3, -0.25) is 4.79 Å². The second kappa shape index (κ2) is 8.23. The first-order valence-electron chi connectivity index (χ1n) is 9.34. The lowest BCUT2D eigenvalue weighted by Gasteiger charge is -2.34. The van der Waals surface area contributed by atoms with E-state index >= 15 is 0 Å². The number of hydrogen-bond donors (Lipinski definition) is 1. The lowest BCUT2D eigenvalue weighted by molar-refractivity contribution is 0.102. The number of carbonyl (C=O) groups excluding carboxylic acids is 1. The molecule has 5 nitrogen and oxygen atoms in total. The summed E-state index contributed by atoms with van der Waals surface area (Å²) in [5.41, 5.74) is 1.76. The second-order valence-electron chi connectivity index (χ2n) is 7.71. The second-order valence-corrected chi connectivity index (χ2v) is 10.1. The fraction of sp³-hybridized carbons (Fsp3) is 0.381. The van der Waals surface area contributed by atoms with Crippen molar-refractivity contribution in [3.05, 3.63) is 58.6 Å². The number of halogens is 1. The van der Waals surface area contributed by atoms with E-state index in [1.165, 1.54) is 10.4 Å². The Morgan fingerprint density at radius 2 is 1.79 bits per heavy atom. The van der Waals surface area contributed by atoms with Crippen molar-refractivity contribution in [2.75, 3.05) is 18.4 Å². The zero-order valence-corrected chi connectivity index (χ0v) is 17.8. The molecule has 0 saturated carbocycles. The fourth-order valence-corrected chi connectivity index (χ4v) is 5.57. The summed E-state index contributed by atoms with van der Waals surface area (Å²) in [6, 6.07) is 11.4. The minimum absolute atomic E-state index is 0.143. The number of benzene rings is 2. The fourth-order valence-electron chi connectivity index (χ4n) is 3.67. The molecule has 0 aliphatic carbocycles. The van der Waals surface area contributed by atoms with Gasteiger partial charge in [-0.05, 0) is 61.1 Å². The number of anilines is 1. The molecule has 1 aliphatic heterocycles. The Labute approximate surface area is 171 Å². The van der Waals surface area contributed by atoms with Gasteiger partial charge < -0.3 is 5.32 Å². The Hall–Kier alpha value is -1.89. The van der Waals surface area contributed by atoms with Crippen molar-refractivity contribution in [1.29, 1.82) is 0 Å². The van der Waals surface area contributed by atoms with Crippen LogP contribution < -0.4 is 5.32 Å². The highest BCUT2D eigenvalue weighted by Crippen LogP contribution is 2.27. The van der Waals surface area contributed by atoms with Gasteiger partial charge in [0.05, 0.1) is 4.90 Å². The van der Waals surface area contributed by atoms with E-state index in [4.69, 9.17) is 11.6 Å². The topological polar surface area (TPSA) is 66.5 Å². The highest BCUT2D eigenvalue weighted by atomic mass is 35.5. The lowest BCUT2D eigenvalue weighted by Crippen LogP contribution is -2.42. The van der Waals surface area contributed by atoms with E-state index in [1.54, 1.807) is 30.3 Å². The van der Waals surface area contributed by atoms with E-state index in [1.807, 2.05) is 13.0 Å². The van der Waals surface area contributed by atoms with Crippen molar-refractivity contribution >= 4 is 33.2 Å². The maximum Gasteiger partial charge on any atom is 0.255 e. The Kier molecular flexibility index (Phi) is 6.12. The number of rotatable bonds is 4. The zero-order valence-electron chi connectivity index (χ0n) is 16.3. The van der Waals surface area contributed by atoms with Gasteiger partial charge in [0.25, 0.3) is 5.91 Å². The maximum atomic E-state index is 13.1. The number of nitrogens with one attached hydrogen (secondary N) is 1. The Morgan fingerprint density at radius 1 is 1.11 bits per heavy atom. The molecule has 7 heteroatoms. The van der Waals surface area contributed by atoms with Crippen LogP contribution >= 0.6 is 11.6 Å². The minimum Gasteiger partial charge on any atom is -0.322 e. The van der Waals surface area contributed by atoms with Crippen molar-refractivity contribution < 1.29 is 13.2 Å². The van der Waals surface area contributed by atoms with Crippen LogP contribution in [0.1, 0.15) is 36.2 Å². The average Bonchev–Trinajstić information content (AvgIpc) is 2.64. The van der Waals surface area contributed by atoms with Crippen LogP contribution in [0.25, 0.3) is 0 Å².